The topological polar surface area (TPSA) is 19.4 Å². The van der Waals surface area contributed by atoms with Crippen LogP contribution >= 0.6 is 0 Å². The largest absolute Gasteiger partial charge is 0.357 e. The van der Waals surface area contributed by atoms with Gasteiger partial charge in [0.15, 0.2) is 0 Å². The third-order valence-electron chi connectivity index (χ3n) is 6.97. The normalized spacial score (nSPS) is 17.0. The van der Waals surface area contributed by atoms with Crippen molar-refractivity contribution < 1.29 is 0 Å². The summed E-state index contributed by atoms with van der Waals surface area (Å²) >= 11 is 0. The second kappa shape index (κ2) is 8.41. The van der Waals surface area contributed by atoms with Crippen molar-refractivity contribution in [2.45, 2.75) is 78.2 Å². The molecule has 0 spiro atoms. The summed E-state index contributed by atoms with van der Waals surface area (Å²) in [6.45, 7) is 10.7. The van der Waals surface area contributed by atoms with Gasteiger partial charge in [-0.25, -0.2) is 4.98 Å². The van der Waals surface area contributed by atoms with Gasteiger partial charge in [-0.3, -0.25) is 0 Å². The van der Waals surface area contributed by atoms with Gasteiger partial charge in [-0.05, 0) is 126 Å². The highest BCUT2D eigenvalue weighted by atomic mass is 15.2. The molecule has 3 nitrogen and oxygen atoms in total. The van der Waals surface area contributed by atoms with Gasteiger partial charge in [0.2, 0.25) is 0 Å². The van der Waals surface area contributed by atoms with E-state index in [9.17, 15) is 0 Å². The smallest absolute Gasteiger partial charge is 0.132 e. The first-order valence-corrected chi connectivity index (χ1v) is 11.4. The number of aryl methyl sites for hydroxylation is 3. The number of unbranched alkanes of at least 4 members (excludes halogenated alkanes) is 1. The standard InChI is InChI=1S/C25H37N3/c1-18(2)27(4)25-22-12-9-11-21(22)23-16-19(3)20(17-24(23)26-25)10-5-6-13-28-14-7-8-15-28/h16-18H,5-15H2,1-4H3. The highest BCUT2D eigenvalue weighted by Gasteiger charge is 2.23. The Bertz CT molecular complexity index is 834. The highest BCUT2D eigenvalue weighted by Crippen LogP contribution is 2.36. The van der Waals surface area contributed by atoms with E-state index in [1.165, 1.54) is 104 Å². The number of nitrogens with zero attached hydrogens (tertiary/aromatic N) is 3. The van der Waals surface area contributed by atoms with Crippen molar-refractivity contribution in [2.24, 2.45) is 0 Å². The lowest BCUT2D eigenvalue weighted by Crippen LogP contribution is -2.27. The van der Waals surface area contributed by atoms with E-state index < -0.39 is 0 Å². The number of pyridine rings is 1. The fourth-order valence-electron chi connectivity index (χ4n) is 5.01. The van der Waals surface area contributed by atoms with Crippen LogP contribution in [0.5, 0.6) is 0 Å². The first-order chi connectivity index (χ1) is 13.5. The van der Waals surface area contributed by atoms with Crippen molar-refractivity contribution in [3.8, 4) is 0 Å². The van der Waals surface area contributed by atoms with Gasteiger partial charge in [0.05, 0.1) is 5.52 Å². The minimum Gasteiger partial charge on any atom is -0.357 e. The van der Waals surface area contributed by atoms with E-state index in [2.05, 4.69) is 49.8 Å². The Morgan fingerprint density at radius 3 is 2.54 bits per heavy atom. The van der Waals surface area contributed by atoms with Crippen molar-refractivity contribution in [2.75, 3.05) is 31.6 Å². The number of fused-ring (bicyclic) bond motifs is 3. The maximum atomic E-state index is 5.18. The first kappa shape index (κ1) is 19.7. The number of benzene rings is 1. The molecule has 0 bridgehead atoms. The molecule has 3 heteroatoms. The number of hydrogen-bond acceptors (Lipinski definition) is 3. The van der Waals surface area contributed by atoms with Gasteiger partial charge < -0.3 is 9.80 Å². The Labute approximate surface area is 171 Å². The third kappa shape index (κ3) is 3.91. The van der Waals surface area contributed by atoms with E-state index in [0.29, 0.717) is 6.04 Å². The molecule has 1 aromatic carbocycles. The average molecular weight is 380 g/mol. The Morgan fingerprint density at radius 2 is 1.79 bits per heavy atom. The van der Waals surface area contributed by atoms with Crippen LogP contribution in [-0.2, 0) is 19.3 Å². The van der Waals surface area contributed by atoms with Crippen molar-refractivity contribution in [1.82, 2.24) is 9.88 Å². The predicted octanol–water partition coefficient (Wildman–Crippen LogP) is 5.30. The van der Waals surface area contributed by atoms with E-state index in [-0.39, 0.29) is 0 Å². The molecule has 2 aliphatic rings. The molecule has 0 saturated carbocycles. The second-order valence-electron chi connectivity index (χ2n) is 9.25. The lowest BCUT2D eigenvalue weighted by molar-refractivity contribution is 0.330. The average Bonchev–Trinajstić information content (AvgIpc) is 3.36. The van der Waals surface area contributed by atoms with E-state index in [1.54, 1.807) is 5.56 Å². The number of likely N-dealkylation sites (tertiary alicyclic amines) is 1. The van der Waals surface area contributed by atoms with Gasteiger partial charge in [-0.2, -0.15) is 0 Å². The molecule has 0 unspecified atom stereocenters. The molecular formula is C25H37N3. The van der Waals surface area contributed by atoms with Gasteiger partial charge in [0.25, 0.3) is 0 Å². The molecule has 28 heavy (non-hydrogen) atoms. The molecule has 0 atom stereocenters. The van der Waals surface area contributed by atoms with Gasteiger partial charge >= 0.3 is 0 Å². The van der Waals surface area contributed by atoms with E-state index in [0.717, 1.165) is 0 Å². The molecule has 2 heterocycles. The fourth-order valence-corrected chi connectivity index (χ4v) is 5.01. The lowest BCUT2D eigenvalue weighted by Gasteiger charge is -2.26. The van der Waals surface area contributed by atoms with E-state index in [4.69, 9.17) is 4.98 Å². The predicted molar refractivity (Wildman–Crippen MR) is 121 cm³/mol. The Kier molecular flexibility index (Phi) is 5.91. The Morgan fingerprint density at radius 1 is 1.04 bits per heavy atom. The molecule has 1 aromatic heterocycles. The molecular weight excluding hydrogens is 342 g/mol. The minimum absolute atomic E-state index is 0.477. The quantitative estimate of drug-likeness (QED) is 0.609. The van der Waals surface area contributed by atoms with Crippen LogP contribution in [0.4, 0.5) is 5.82 Å². The number of aromatic nitrogens is 1. The summed E-state index contributed by atoms with van der Waals surface area (Å²) in [4.78, 5) is 10.2. The van der Waals surface area contributed by atoms with Crippen LogP contribution in [-0.4, -0.2) is 42.6 Å². The molecule has 4 rings (SSSR count). The van der Waals surface area contributed by atoms with E-state index >= 15 is 0 Å². The van der Waals surface area contributed by atoms with Crippen LogP contribution in [0.25, 0.3) is 10.9 Å². The monoisotopic (exact) mass is 379 g/mol. The molecule has 1 fully saturated rings. The van der Waals surface area contributed by atoms with Crippen molar-refractivity contribution in [3.63, 3.8) is 0 Å². The summed E-state index contributed by atoms with van der Waals surface area (Å²) in [7, 11) is 2.20. The van der Waals surface area contributed by atoms with Crippen molar-refractivity contribution in [1.29, 1.82) is 0 Å². The zero-order valence-electron chi connectivity index (χ0n) is 18.4. The van der Waals surface area contributed by atoms with Crippen LogP contribution in [0.1, 0.15) is 68.2 Å². The minimum atomic E-state index is 0.477. The molecule has 1 saturated heterocycles. The van der Waals surface area contributed by atoms with Crippen molar-refractivity contribution >= 4 is 16.7 Å². The third-order valence-corrected chi connectivity index (χ3v) is 6.97. The first-order valence-electron chi connectivity index (χ1n) is 11.4. The summed E-state index contributed by atoms with van der Waals surface area (Å²) in [5.74, 6) is 1.22. The van der Waals surface area contributed by atoms with Crippen LogP contribution in [0.3, 0.4) is 0 Å². The summed E-state index contributed by atoms with van der Waals surface area (Å²) in [5, 5.41) is 1.41. The van der Waals surface area contributed by atoms with Crippen LogP contribution in [0.2, 0.25) is 0 Å². The molecule has 2 aromatic rings. The summed E-state index contributed by atoms with van der Waals surface area (Å²) in [6.07, 6.45) is 10.2. The van der Waals surface area contributed by atoms with E-state index in [1.807, 2.05) is 0 Å². The Balaban J connectivity index is 1.57. The molecule has 0 radical (unpaired) electrons. The zero-order valence-corrected chi connectivity index (χ0v) is 18.4. The van der Waals surface area contributed by atoms with Gasteiger partial charge in [-0.1, -0.05) is 0 Å². The SMILES string of the molecule is Cc1cc2c3c(c(N(C)C(C)C)nc2cc1CCCCN1CCCC1)CCC3. The Hall–Kier alpha value is -1.61. The summed E-state index contributed by atoms with van der Waals surface area (Å²) in [5.41, 5.74) is 7.23. The number of hydrogen-bond donors (Lipinski definition) is 0. The maximum absolute atomic E-state index is 5.18. The van der Waals surface area contributed by atoms with Crippen LogP contribution < -0.4 is 4.90 Å². The van der Waals surface area contributed by atoms with Gasteiger partial charge in [0, 0.05) is 18.5 Å². The number of rotatable bonds is 7. The molecule has 1 aliphatic carbocycles. The highest BCUT2D eigenvalue weighted by molar-refractivity contribution is 5.88. The zero-order chi connectivity index (χ0) is 19.7. The lowest BCUT2D eigenvalue weighted by atomic mass is 9.96. The van der Waals surface area contributed by atoms with Gasteiger partial charge in [-0.15, -0.1) is 0 Å². The molecule has 0 N–H and O–H groups in total. The van der Waals surface area contributed by atoms with Crippen LogP contribution in [0, 0.1) is 6.92 Å². The second-order valence-corrected chi connectivity index (χ2v) is 9.25. The molecule has 152 valence electrons. The molecule has 0 amide bonds. The maximum Gasteiger partial charge on any atom is 0.132 e. The number of anilines is 1. The molecule has 1 aliphatic heterocycles. The summed E-state index contributed by atoms with van der Waals surface area (Å²) < 4.78 is 0. The van der Waals surface area contributed by atoms with Crippen molar-refractivity contribution in [3.05, 3.63) is 34.4 Å². The van der Waals surface area contributed by atoms with Gasteiger partial charge in [0.1, 0.15) is 5.82 Å². The van der Waals surface area contributed by atoms with Crippen LogP contribution in [0.15, 0.2) is 12.1 Å². The fraction of sp³-hybridized carbons (Fsp3) is 0.640. The summed E-state index contributed by atoms with van der Waals surface area (Å²) in [6, 6.07) is 5.31.